The molecular weight excluding hydrogens is 350 g/mol. The number of ether oxygens (including phenoxy) is 1. The second-order valence-electron chi connectivity index (χ2n) is 3.72. The van der Waals surface area contributed by atoms with Crippen LogP contribution in [0.1, 0.15) is 11.4 Å². The van der Waals surface area contributed by atoms with Gasteiger partial charge in [-0.25, -0.2) is 4.98 Å². The quantitative estimate of drug-likeness (QED) is 0.849. The molecule has 0 spiro atoms. The third-order valence-electron chi connectivity index (χ3n) is 2.18. The minimum atomic E-state index is 0.155. The van der Waals surface area contributed by atoms with Crippen LogP contribution in [0.4, 0.5) is 0 Å². The first-order chi connectivity index (χ1) is 8.95. The van der Waals surface area contributed by atoms with Gasteiger partial charge < -0.3 is 10.5 Å². The normalized spacial score (nSPS) is 10.3. The maximum absolute atomic E-state index is 6.04. The largest absolute Gasteiger partial charge is 0.423 e. The van der Waals surface area contributed by atoms with E-state index in [0.29, 0.717) is 22.2 Å². The van der Waals surface area contributed by atoms with Crippen molar-refractivity contribution in [3.8, 4) is 11.8 Å². The van der Waals surface area contributed by atoms with Gasteiger partial charge in [0, 0.05) is 10.2 Å². The van der Waals surface area contributed by atoms with E-state index >= 15 is 0 Å². The highest BCUT2D eigenvalue weighted by atomic mass is 79.9. The van der Waals surface area contributed by atoms with E-state index in [1.807, 2.05) is 6.07 Å². The molecule has 0 aliphatic heterocycles. The number of aryl methyl sites for hydroxylation is 1. The number of thiocarbonyl (C=S) groups is 1. The fourth-order valence-electron chi connectivity index (χ4n) is 1.37. The van der Waals surface area contributed by atoms with Crippen LogP contribution in [0.3, 0.4) is 0 Å². The molecule has 0 amide bonds. The smallest absolute Gasteiger partial charge is 0.322 e. The van der Waals surface area contributed by atoms with Crippen molar-refractivity contribution >= 4 is 44.7 Å². The minimum absolute atomic E-state index is 0.155. The zero-order chi connectivity index (χ0) is 14.0. The molecule has 7 heteroatoms. The molecule has 98 valence electrons. The van der Waals surface area contributed by atoms with Gasteiger partial charge in [0.2, 0.25) is 0 Å². The Hall–Kier alpha value is -1.24. The number of hydrogen-bond donors (Lipinski definition) is 1. The highest BCUT2D eigenvalue weighted by Crippen LogP contribution is 2.30. The molecule has 0 bridgehead atoms. The highest BCUT2D eigenvalue weighted by Gasteiger charge is 2.09. The van der Waals surface area contributed by atoms with E-state index in [2.05, 4.69) is 25.9 Å². The lowest BCUT2D eigenvalue weighted by molar-refractivity contribution is 0.440. The SMILES string of the molecule is Cc1cc(C(N)=S)nc(Oc2cc(Br)ccc2Cl)n1. The molecule has 0 unspecified atom stereocenters. The van der Waals surface area contributed by atoms with Crippen molar-refractivity contribution in [2.75, 3.05) is 0 Å². The third-order valence-corrected chi connectivity index (χ3v) is 3.20. The highest BCUT2D eigenvalue weighted by molar-refractivity contribution is 9.10. The number of hydrogen-bond acceptors (Lipinski definition) is 4. The van der Waals surface area contributed by atoms with E-state index in [9.17, 15) is 0 Å². The van der Waals surface area contributed by atoms with E-state index in [4.69, 9.17) is 34.3 Å². The first-order valence-corrected chi connectivity index (χ1v) is 6.82. The summed E-state index contributed by atoms with van der Waals surface area (Å²) in [6.45, 7) is 1.80. The second-order valence-corrected chi connectivity index (χ2v) is 5.48. The van der Waals surface area contributed by atoms with Crippen LogP contribution in [0.25, 0.3) is 0 Å². The standard InChI is InChI=1S/C12H9BrClN3OS/c1-6-4-9(11(15)19)17-12(16-6)18-10-5-7(13)2-3-8(10)14/h2-5H,1H3,(H2,15,19). The zero-order valence-electron chi connectivity index (χ0n) is 9.85. The molecule has 2 rings (SSSR count). The number of aromatic nitrogens is 2. The maximum atomic E-state index is 6.04. The minimum Gasteiger partial charge on any atom is -0.423 e. The molecule has 4 nitrogen and oxygen atoms in total. The average molecular weight is 359 g/mol. The Morgan fingerprint density at radius 3 is 2.79 bits per heavy atom. The summed E-state index contributed by atoms with van der Waals surface area (Å²) in [5.74, 6) is 0.454. The van der Waals surface area contributed by atoms with Gasteiger partial charge in [0.25, 0.3) is 0 Å². The Balaban J connectivity index is 2.38. The molecule has 19 heavy (non-hydrogen) atoms. The van der Waals surface area contributed by atoms with E-state index < -0.39 is 0 Å². The van der Waals surface area contributed by atoms with Crippen LogP contribution in [0.2, 0.25) is 5.02 Å². The first-order valence-electron chi connectivity index (χ1n) is 5.24. The van der Waals surface area contributed by atoms with Gasteiger partial charge in [0.05, 0.1) is 5.02 Å². The summed E-state index contributed by atoms with van der Waals surface area (Å²) in [5.41, 5.74) is 6.72. The number of benzene rings is 1. The molecule has 0 aliphatic carbocycles. The summed E-state index contributed by atoms with van der Waals surface area (Å²) >= 11 is 14.3. The molecule has 0 atom stereocenters. The summed E-state index contributed by atoms with van der Waals surface area (Å²) in [7, 11) is 0. The number of rotatable bonds is 3. The van der Waals surface area contributed by atoms with Crippen LogP contribution >= 0.6 is 39.7 Å². The number of nitrogens with two attached hydrogens (primary N) is 1. The fraction of sp³-hybridized carbons (Fsp3) is 0.0833. The van der Waals surface area contributed by atoms with Crippen molar-refractivity contribution in [1.29, 1.82) is 0 Å². The Morgan fingerprint density at radius 1 is 1.37 bits per heavy atom. The molecule has 0 saturated heterocycles. The van der Waals surface area contributed by atoms with Crippen molar-refractivity contribution in [3.63, 3.8) is 0 Å². The number of halogens is 2. The van der Waals surface area contributed by atoms with Gasteiger partial charge in [-0.05, 0) is 31.2 Å². The summed E-state index contributed by atoms with van der Waals surface area (Å²) in [6.07, 6.45) is 0. The molecule has 2 N–H and O–H groups in total. The molecule has 0 aliphatic rings. The van der Waals surface area contributed by atoms with Gasteiger partial charge in [0.1, 0.15) is 10.7 Å². The molecule has 1 aromatic heterocycles. The van der Waals surface area contributed by atoms with Gasteiger partial charge in [-0.2, -0.15) is 4.98 Å². The van der Waals surface area contributed by atoms with E-state index in [-0.39, 0.29) is 11.0 Å². The average Bonchev–Trinajstić information content (AvgIpc) is 2.33. The molecule has 2 aromatic rings. The third kappa shape index (κ3) is 3.62. The molecule has 0 fully saturated rings. The van der Waals surface area contributed by atoms with E-state index in [0.717, 1.165) is 4.47 Å². The Labute approximate surface area is 129 Å². The van der Waals surface area contributed by atoms with Gasteiger partial charge in [-0.1, -0.05) is 39.7 Å². The van der Waals surface area contributed by atoms with Gasteiger partial charge in [0.15, 0.2) is 5.75 Å². The molecule has 1 aromatic carbocycles. The lowest BCUT2D eigenvalue weighted by Crippen LogP contribution is -2.13. The van der Waals surface area contributed by atoms with Crippen LogP contribution < -0.4 is 10.5 Å². The molecule has 1 heterocycles. The van der Waals surface area contributed by atoms with Crippen molar-refractivity contribution < 1.29 is 4.74 Å². The van der Waals surface area contributed by atoms with Crippen molar-refractivity contribution in [2.45, 2.75) is 6.92 Å². The van der Waals surface area contributed by atoms with Gasteiger partial charge >= 0.3 is 6.01 Å². The Kier molecular flexibility index (Phi) is 4.34. The van der Waals surface area contributed by atoms with Crippen LogP contribution in [0, 0.1) is 6.92 Å². The molecule has 0 radical (unpaired) electrons. The van der Waals surface area contributed by atoms with Crippen LogP contribution in [-0.2, 0) is 0 Å². The zero-order valence-corrected chi connectivity index (χ0v) is 13.0. The predicted molar refractivity (Wildman–Crippen MR) is 81.9 cm³/mol. The summed E-state index contributed by atoms with van der Waals surface area (Å²) in [4.78, 5) is 8.48. The molecular formula is C12H9BrClN3OS. The summed E-state index contributed by atoms with van der Waals surface area (Å²) < 4.78 is 6.40. The van der Waals surface area contributed by atoms with Crippen molar-refractivity contribution in [1.82, 2.24) is 9.97 Å². The van der Waals surface area contributed by atoms with Crippen LogP contribution in [0.15, 0.2) is 28.7 Å². The second kappa shape index (κ2) is 5.81. The monoisotopic (exact) mass is 357 g/mol. The van der Waals surface area contributed by atoms with Crippen LogP contribution in [-0.4, -0.2) is 15.0 Å². The Morgan fingerprint density at radius 2 is 2.11 bits per heavy atom. The lowest BCUT2D eigenvalue weighted by atomic mass is 10.3. The maximum Gasteiger partial charge on any atom is 0.322 e. The predicted octanol–water partition coefficient (Wildman–Crippen LogP) is 3.63. The summed E-state index contributed by atoms with van der Waals surface area (Å²) in [5, 5.41) is 0.463. The lowest BCUT2D eigenvalue weighted by Gasteiger charge is -2.08. The first kappa shape index (κ1) is 14.2. The summed E-state index contributed by atoms with van der Waals surface area (Å²) in [6, 6.07) is 7.10. The van der Waals surface area contributed by atoms with Crippen molar-refractivity contribution in [3.05, 3.63) is 45.1 Å². The van der Waals surface area contributed by atoms with Crippen LogP contribution in [0.5, 0.6) is 11.8 Å². The molecule has 0 saturated carbocycles. The van der Waals surface area contributed by atoms with Crippen molar-refractivity contribution in [2.24, 2.45) is 5.73 Å². The van der Waals surface area contributed by atoms with E-state index in [1.54, 1.807) is 25.1 Å². The van der Waals surface area contributed by atoms with E-state index in [1.165, 1.54) is 0 Å². The van der Waals surface area contributed by atoms with Gasteiger partial charge in [-0.3, -0.25) is 0 Å². The fourth-order valence-corrected chi connectivity index (χ4v) is 1.97. The topological polar surface area (TPSA) is 61.0 Å². The Bertz CT molecular complexity index is 651. The van der Waals surface area contributed by atoms with Gasteiger partial charge in [-0.15, -0.1) is 0 Å². The number of nitrogens with zero attached hydrogens (tertiary/aromatic N) is 2.